The molecule has 27 heavy (non-hydrogen) atoms. The van der Waals surface area contributed by atoms with Gasteiger partial charge in [0.25, 0.3) is 11.8 Å². The molecule has 1 aromatic rings. The van der Waals surface area contributed by atoms with E-state index in [4.69, 9.17) is 9.47 Å². The Hall–Kier alpha value is -1.99. The molecule has 1 spiro atoms. The minimum Gasteiger partial charge on any atom is -0.347 e. The third kappa shape index (κ3) is 3.84. The maximum Gasteiger partial charge on any atom is 0.255 e. The number of aromatic nitrogens is 1. The van der Waals surface area contributed by atoms with Gasteiger partial charge in [0, 0.05) is 51.4 Å². The molecule has 2 amide bonds. The van der Waals surface area contributed by atoms with Crippen LogP contribution in [0.5, 0.6) is 0 Å². The lowest BCUT2D eigenvalue weighted by Crippen LogP contribution is -2.47. The predicted octanol–water partition coefficient (Wildman–Crippen LogP) is 1.93. The van der Waals surface area contributed by atoms with Crippen molar-refractivity contribution in [3.63, 3.8) is 0 Å². The lowest BCUT2D eigenvalue weighted by Gasteiger charge is -2.37. The van der Waals surface area contributed by atoms with Crippen LogP contribution in [0.15, 0.2) is 18.5 Å². The van der Waals surface area contributed by atoms with Gasteiger partial charge in [-0.15, -0.1) is 0 Å². The molecule has 1 aromatic heterocycles. The zero-order valence-electron chi connectivity index (χ0n) is 15.9. The summed E-state index contributed by atoms with van der Waals surface area (Å²) >= 11 is 0. The molecule has 3 aliphatic heterocycles. The summed E-state index contributed by atoms with van der Waals surface area (Å²) in [6, 6.07) is 1.68. The maximum atomic E-state index is 12.9. The van der Waals surface area contributed by atoms with Crippen molar-refractivity contribution in [1.82, 2.24) is 14.8 Å². The zero-order valence-corrected chi connectivity index (χ0v) is 15.9. The molecule has 4 heterocycles. The topological polar surface area (TPSA) is 72.0 Å². The van der Waals surface area contributed by atoms with Crippen LogP contribution in [0.4, 0.5) is 0 Å². The Morgan fingerprint density at radius 3 is 2.30 bits per heavy atom. The van der Waals surface area contributed by atoms with Crippen LogP contribution < -0.4 is 0 Å². The number of ether oxygens (including phenoxy) is 2. The minimum atomic E-state index is -0.502. The quantitative estimate of drug-likeness (QED) is 0.792. The van der Waals surface area contributed by atoms with Crippen molar-refractivity contribution in [3.8, 4) is 0 Å². The summed E-state index contributed by atoms with van der Waals surface area (Å²) in [5.41, 5.74) is 0.959. The van der Waals surface area contributed by atoms with Crippen molar-refractivity contribution in [2.75, 3.05) is 39.4 Å². The van der Waals surface area contributed by atoms with Crippen LogP contribution in [0.3, 0.4) is 0 Å². The van der Waals surface area contributed by atoms with Gasteiger partial charge in [0.05, 0.1) is 24.3 Å². The molecule has 3 saturated heterocycles. The van der Waals surface area contributed by atoms with E-state index in [1.54, 1.807) is 23.4 Å². The van der Waals surface area contributed by atoms with Crippen molar-refractivity contribution in [2.24, 2.45) is 5.92 Å². The van der Waals surface area contributed by atoms with Crippen molar-refractivity contribution in [3.05, 3.63) is 29.6 Å². The molecule has 0 bridgehead atoms. The third-order valence-electron chi connectivity index (χ3n) is 5.80. The van der Waals surface area contributed by atoms with Crippen LogP contribution in [-0.4, -0.2) is 71.8 Å². The molecule has 4 rings (SSSR count). The average Bonchev–Trinajstić information content (AvgIpc) is 3.15. The van der Waals surface area contributed by atoms with E-state index in [9.17, 15) is 9.59 Å². The SMILES string of the molecule is CC1CCCN(C(=O)c2cncc(C(=O)N3CCC4(CC3)OCCO4)c2)C1. The van der Waals surface area contributed by atoms with E-state index >= 15 is 0 Å². The Morgan fingerprint density at radius 1 is 1.04 bits per heavy atom. The summed E-state index contributed by atoms with van der Waals surface area (Å²) in [5, 5.41) is 0. The van der Waals surface area contributed by atoms with E-state index < -0.39 is 5.79 Å². The number of pyridine rings is 1. The summed E-state index contributed by atoms with van der Waals surface area (Å²) < 4.78 is 11.4. The number of rotatable bonds is 2. The highest BCUT2D eigenvalue weighted by molar-refractivity contribution is 5.99. The fourth-order valence-electron chi connectivity index (χ4n) is 4.25. The second-order valence-electron chi connectivity index (χ2n) is 7.86. The molecule has 146 valence electrons. The summed E-state index contributed by atoms with van der Waals surface area (Å²) in [6.07, 6.45) is 6.64. The van der Waals surface area contributed by atoms with Gasteiger partial charge in [0.2, 0.25) is 0 Å². The van der Waals surface area contributed by atoms with Gasteiger partial charge in [0.15, 0.2) is 5.79 Å². The molecule has 7 heteroatoms. The Balaban J connectivity index is 1.42. The van der Waals surface area contributed by atoms with Crippen molar-refractivity contribution in [2.45, 2.75) is 38.4 Å². The van der Waals surface area contributed by atoms with E-state index in [-0.39, 0.29) is 11.8 Å². The van der Waals surface area contributed by atoms with Crippen molar-refractivity contribution >= 4 is 11.8 Å². The van der Waals surface area contributed by atoms with Crippen LogP contribution >= 0.6 is 0 Å². The largest absolute Gasteiger partial charge is 0.347 e. The first kappa shape index (κ1) is 18.4. The fourth-order valence-corrected chi connectivity index (χ4v) is 4.25. The molecule has 1 atom stereocenters. The minimum absolute atomic E-state index is 0.0333. The van der Waals surface area contributed by atoms with Crippen LogP contribution in [0.1, 0.15) is 53.3 Å². The van der Waals surface area contributed by atoms with Crippen molar-refractivity contribution in [1.29, 1.82) is 0 Å². The average molecular weight is 373 g/mol. The van der Waals surface area contributed by atoms with Gasteiger partial charge in [-0.1, -0.05) is 6.92 Å². The standard InChI is InChI=1S/C20H27N3O4/c1-15-3-2-6-23(14-15)19(25)17-11-16(12-21-13-17)18(24)22-7-4-20(5-8-22)26-9-10-27-20/h11-13,15H,2-10,14H2,1H3. The number of hydrogen-bond acceptors (Lipinski definition) is 5. The first-order valence-electron chi connectivity index (χ1n) is 9.88. The number of piperidine rings is 2. The van der Waals surface area contributed by atoms with E-state index in [2.05, 4.69) is 11.9 Å². The molecule has 3 fully saturated rings. The van der Waals surface area contributed by atoms with Gasteiger partial charge in [0.1, 0.15) is 0 Å². The van der Waals surface area contributed by atoms with Crippen LogP contribution in [-0.2, 0) is 9.47 Å². The van der Waals surface area contributed by atoms with Crippen LogP contribution in [0, 0.1) is 5.92 Å². The number of nitrogens with zero attached hydrogens (tertiary/aromatic N) is 3. The van der Waals surface area contributed by atoms with Gasteiger partial charge in [-0.3, -0.25) is 14.6 Å². The van der Waals surface area contributed by atoms with Gasteiger partial charge >= 0.3 is 0 Å². The molecule has 0 aliphatic carbocycles. The second-order valence-corrected chi connectivity index (χ2v) is 7.86. The van der Waals surface area contributed by atoms with Gasteiger partial charge in [-0.05, 0) is 24.8 Å². The molecule has 1 unspecified atom stereocenters. The van der Waals surface area contributed by atoms with Gasteiger partial charge < -0.3 is 19.3 Å². The molecule has 0 N–H and O–H groups in total. The first-order chi connectivity index (χ1) is 13.1. The molecule has 3 aliphatic rings. The van der Waals surface area contributed by atoms with Crippen LogP contribution in [0.25, 0.3) is 0 Å². The highest BCUT2D eigenvalue weighted by Gasteiger charge is 2.41. The Kier molecular flexibility index (Phi) is 5.14. The van der Waals surface area contributed by atoms with E-state index in [1.165, 1.54) is 0 Å². The number of amides is 2. The van der Waals surface area contributed by atoms with Crippen molar-refractivity contribution < 1.29 is 19.1 Å². The molecule has 0 aromatic carbocycles. The summed E-state index contributed by atoms with van der Waals surface area (Å²) in [6.45, 7) is 6.12. The normalized spacial score (nSPS) is 25.0. The third-order valence-corrected chi connectivity index (χ3v) is 5.80. The lowest BCUT2D eigenvalue weighted by molar-refractivity contribution is -0.181. The molecular formula is C20H27N3O4. The molecular weight excluding hydrogens is 346 g/mol. The number of carbonyl (C=O) groups excluding carboxylic acids is 2. The van der Waals surface area contributed by atoms with Gasteiger partial charge in [-0.2, -0.15) is 0 Å². The molecule has 0 radical (unpaired) electrons. The summed E-state index contributed by atoms with van der Waals surface area (Å²) in [7, 11) is 0. The second kappa shape index (κ2) is 7.56. The summed E-state index contributed by atoms with van der Waals surface area (Å²) in [4.78, 5) is 33.5. The molecule has 7 nitrogen and oxygen atoms in total. The van der Waals surface area contributed by atoms with E-state index in [1.807, 2.05) is 4.90 Å². The number of hydrogen-bond donors (Lipinski definition) is 0. The van der Waals surface area contributed by atoms with Crippen LogP contribution in [0.2, 0.25) is 0 Å². The Morgan fingerprint density at radius 2 is 1.67 bits per heavy atom. The summed E-state index contributed by atoms with van der Waals surface area (Å²) in [5.74, 6) is -0.107. The maximum absolute atomic E-state index is 12.9. The predicted molar refractivity (Wildman–Crippen MR) is 98.3 cm³/mol. The zero-order chi connectivity index (χ0) is 18.9. The van der Waals surface area contributed by atoms with E-state index in [0.29, 0.717) is 56.2 Å². The van der Waals surface area contributed by atoms with Gasteiger partial charge in [-0.25, -0.2) is 0 Å². The monoisotopic (exact) mass is 373 g/mol. The fraction of sp³-hybridized carbons (Fsp3) is 0.650. The first-order valence-corrected chi connectivity index (χ1v) is 9.88. The number of carbonyl (C=O) groups is 2. The number of likely N-dealkylation sites (tertiary alicyclic amines) is 2. The Labute approximate surface area is 159 Å². The Bertz CT molecular complexity index is 707. The highest BCUT2D eigenvalue weighted by Crippen LogP contribution is 2.31. The molecule has 0 saturated carbocycles. The van der Waals surface area contributed by atoms with E-state index in [0.717, 1.165) is 25.9 Å². The highest BCUT2D eigenvalue weighted by atomic mass is 16.7. The smallest absolute Gasteiger partial charge is 0.255 e. The lowest BCUT2D eigenvalue weighted by atomic mass is 9.99.